The average Bonchev–Trinajstić information content (AvgIpc) is 2.54. The number of ether oxygens (including phenoxy) is 2. The summed E-state index contributed by atoms with van der Waals surface area (Å²) in [4.78, 5) is 0. The number of fused-ring (bicyclic) bond motifs is 1. The molecule has 1 aromatic rings. The molecule has 72 valence electrons. The third kappa shape index (κ3) is 1.64. The number of hydrogen-bond acceptors (Lipinski definition) is 4. The van der Waals surface area contributed by atoms with E-state index in [-0.39, 0.29) is 12.0 Å². The Labute approximate surface area is 80.9 Å². The Morgan fingerprint density at radius 2 is 1.92 bits per heavy atom. The second-order valence-electron chi connectivity index (χ2n) is 3.65. The molecule has 0 unspecified atom stereocenters. The van der Waals surface area contributed by atoms with Crippen LogP contribution in [0.15, 0.2) is 10.8 Å². The fraction of sp³-hybridized carbons (Fsp3) is 0.556. The van der Waals surface area contributed by atoms with E-state index in [0.717, 1.165) is 11.5 Å². The van der Waals surface area contributed by atoms with Gasteiger partial charge in [0.1, 0.15) is 0 Å². The van der Waals surface area contributed by atoms with Crippen LogP contribution in [-0.4, -0.2) is 24.9 Å². The molecule has 1 aliphatic rings. The molecule has 0 spiro atoms. The molecule has 1 N–H and O–H groups in total. The zero-order valence-corrected chi connectivity index (χ0v) is 8.26. The minimum Gasteiger partial charge on any atom is -0.488 e. The quantitative estimate of drug-likeness (QED) is 0.747. The molecule has 0 bridgehead atoms. The van der Waals surface area contributed by atoms with E-state index in [2.05, 4.69) is 0 Å². The fourth-order valence-corrected chi connectivity index (χ4v) is 1.80. The van der Waals surface area contributed by atoms with Gasteiger partial charge in [-0.1, -0.05) is 6.92 Å². The second kappa shape index (κ2) is 3.20. The van der Waals surface area contributed by atoms with Crippen LogP contribution in [0.3, 0.4) is 0 Å². The number of thiophene rings is 1. The van der Waals surface area contributed by atoms with Crippen LogP contribution in [0, 0.1) is 5.41 Å². The van der Waals surface area contributed by atoms with Gasteiger partial charge in [0.25, 0.3) is 0 Å². The van der Waals surface area contributed by atoms with Crippen LogP contribution in [0.1, 0.15) is 6.92 Å². The van der Waals surface area contributed by atoms with Crippen LogP contribution < -0.4 is 9.47 Å². The zero-order valence-electron chi connectivity index (χ0n) is 7.45. The van der Waals surface area contributed by atoms with Gasteiger partial charge in [-0.3, -0.25) is 0 Å². The summed E-state index contributed by atoms with van der Waals surface area (Å²) in [6.07, 6.45) is 0. The molecule has 1 aromatic heterocycles. The topological polar surface area (TPSA) is 38.7 Å². The Morgan fingerprint density at radius 3 is 2.38 bits per heavy atom. The summed E-state index contributed by atoms with van der Waals surface area (Å²) in [5, 5.41) is 13.0. The van der Waals surface area contributed by atoms with Crippen molar-refractivity contribution in [1.82, 2.24) is 0 Å². The first kappa shape index (κ1) is 8.84. The van der Waals surface area contributed by atoms with E-state index in [0.29, 0.717) is 13.2 Å². The second-order valence-corrected chi connectivity index (χ2v) is 4.39. The summed E-state index contributed by atoms with van der Waals surface area (Å²) >= 11 is 1.56. The number of rotatable bonds is 1. The molecular weight excluding hydrogens is 188 g/mol. The summed E-state index contributed by atoms with van der Waals surface area (Å²) in [6, 6.07) is 0. The molecule has 0 fully saturated rings. The van der Waals surface area contributed by atoms with Crippen molar-refractivity contribution in [3.63, 3.8) is 0 Å². The Balaban J connectivity index is 2.16. The van der Waals surface area contributed by atoms with Crippen molar-refractivity contribution in [2.45, 2.75) is 6.92 Å². The van der Waals surface area contributed by atoms with Crippen LogP contribution in [0.4, 0.5) is 0 Å². The SMILES string of the molecule is CC1(CO)COc2cscc2OC1. The van der Waals surface area contributed by atoms with Gasteiger partial charge in [0.05, 0.1) is 25.2 Å². The fourth-order valence-electron chi connectivity index (χ4n) is 1.12. The normalized spacial score (nSPS) is 19.5. The van der Waals surface area contributed by atoms with E-state index in [9.17, 15) is 0 Å². The van der Waals surface area contributed by atoms with Gasteiger partial charge in [-0.05, 0) is 0 Å². The lowest BCUT2D eigenvalue weighted by atomic mass is 9.95. The first-order valence-corrected chi connectivity index (χ1v) is 5.10. The highest BCUT2D eigenvalue weighted by atomic mass is 32.1. The van der Waals surface area contributed by atoms with Crippen LogP contribution in [0.25, 0.3) is 0 Å². The van der Waals surface area contributed by atoms with Crippen molar-refractivity contribution in [2.24, 2.45) is 5.41 Å². The van der Waals surface area contributed by atoms with Crippen LogP contribution in [0.5, 0.6) is 11.5 Å². The largest absolute Gasteiger partial charge is 0.488 e. The minimum atomic E-state index is -0.281. The Hall–Kier alpha value is -0.740. The lowest BCUT2D eigenvalue weighted by Gasteiger charge is -2.22. The molecule has 2 rings (SSSR count). The van der Waals surface area contributed by atoms with E-state index < -0.39 is 0 Å². The summed E-state index contributed by atoms with van der Waals surface area (Å²) in [5.74, 6) is 1.59. The molecule has 0 aliphatic carbocycles. The molecule has 0 aromatic carbocycles. The van der Waals surface area contributed by atoms with Crippen molar-refractivity contribution < 1.29 is 14.6 Å². The summed E-state index contributed by atoms with van der Waals surface area (Å²) < 4.78 is 11.0. The highest BCUT2D eigenvalue weighted by molar-refractivity contribution is 7.08. The third-order valence-electron chi connectivity index (χ3n) is 2.13. The Bertz CT molecular complexity index is 272. The lowest BCUT2D eigenvalue weighted by Crippen LogP contribution is -2.33. The number of hydrogen-bond donors (Lipinski definition) is 1. The highest BCUT2D eigenvalue weighted by Gasteiger charge is 2.29. The van der Waals surface area contributed by atoms with Crippen LogP contribution in [-0.2, 0) is 0 Å². The molecule has 0 amide bonds. The van der Waals surface area contributed by atoms with Crippen molar-refractivity contribution in [2.75, 3.05) is 19.8 Å². The van der Waals surface area contributed by atoms with Gasteiger partial charge in [-0.15, -0.1) is 11.3 Å². The van der Waals surface area contributed by atoms with Gasteiger partial charge < -0.3 is 14.6 Å². The zero-order chi connectivity index (χ0) is 9.31. The molecule has 3 nitrogen and oxygen atoms in total. The van der Waals surface area contributed by atoms with E-state index in [4.69, 9.17) is 14.6 Å². The monoisotopic (exact) mass is 200 g/mol. The average molecular weight is 200 g/mol. The number of aliphatic hydroxyl groups excluding tert-OH is 1. The minimum absolute atomic E-state index is 0.0840. The molecule has 0 radical (unpaired) electrons. The predicted octanol–water partition coefficient (Wildman–Crippen LogP) is 1.52. The van der Waals surface area contributed by atoms with Gasteiger partial charge in [-0.25, -0.2) is 0 Å². The van der Waals surface area contributed by atoms with Gasteiger partial charge in [0, 0.05) is 10.8 Å². The Morgan fingerprint density at radius 1 is 1.38 bits per heavy atom. The maximum Gasteiger partial charge on any atom is 0.171 e. The standard InChI is InChI=1S/C9H12O3S/c1-9(4-10)5-11-7-2-13-3-8(7)12-6-9/h2-3,10H,4-6H2,1H3. The van der Waals surface area contributed by atoms with Crippen LogP contribution in [0.2, 0.25) is 0 Å². The molecule has 0 saturated carbocycles. The highest BCUT2D eigenvalue weighted by Crippen LogP contribution is 2.36. The molecule has 13 heavy (non-hydrogen) atoms. The summed E-state index contributed by atoms with van der Waals surface area (Å²) in [5.41, 5.74) is -0.281. The van der Waals surface area contributed by atoms with Crippen molar-refractivity contribution in [1.29, 1.82) is 0 Å². The van der Waals surface area contributed by atoms with Gasteiger partial charge in [0.2, 0.25) is 0 Å². The van der Waals surface area contributed by atoms with Crippen molar-refractivity contribution in [3.8, 4) is 11.5 Å². The predicted molar refractivity (Wildman–Crippen MR) is 50.5 cm³/mol. The van der Waals surface area contributed by atoms with Crippen LogP contribution >= 0.6 is 11.3 Å². The maximum absolute atomic E-state index is 9.13. The molecule has 4 heteroatoms. The molecule has 2 heterocycles. The van der Waals surface area contributed by atoms with E-state index in [1.807, 2.05) is 17.7 Å². The van der Waals surface area contributed by atoms with Crippen molar-refractivity contribution >= 4 is 11.3 Å². The van der Waals surface area contributed by atoms with Crippen molar-refractivity contribution in [3.05, 3.63) is 10.8 Å². The molecule has 0 atom stereocenters. The molecule has 1 aliphatic heterocycles. The lowest BCUT2D eigenvalue weighted by molar-refractivity contribution is 0.0544. The first-order valence-electron chi connectivity index (χ1n) is 4.16. The summed E-state index contributed by atoms with van der Waals surface area (Å²) in [7, 11) is 0. The molecule has 0 saturated heterocycles. The Kier molecular flexibility index (Phi) is 2.17. The van der Waals surface area contributed by atoms with Gasteiger partial charge >= 0.3 is 0 Å². The maximum atomic E-state index is 9.13. The van der Waals surface area contributed by atoms with E-state index in [1.54, 1.807) is 11.3 Å². The third-order valence-corrected chi connectivity index (χ3v) is 2.83. The van der Waals surface area contributed by atoms with Gasteiger partial charge in [0.15, 0.2) is 11.5 Å². The van der Waals surface area contributed by atoms with Gasteiger partial charge in [-0.2, -0.15) is 0 Å². The first-order chi connectivity index (χ1) is 6.23. The molecular formula is C9H12O3S. The summed E-state index contributed by atoms with van der Waals surface area (Å²) in [6.45, 7) is 3.05. The van der Waals surface area contributed by atoms with E-state index >= 15 is 0 Å². The van der Waals surface area contributed by atoms with E-state index in [1.165, 1.54) is 0 Å². The smallest absolute Gasteiger partial charge is 0.171 e. The number of aliphatic hydroxyl groups is 1.